The summed E-state index contributed by atoms with van der Waals surface area (Å²) in [6.45, 7) is 2.48. The molecular formula is C10H11MnNO2. The molecule has 1 radical (unpaired) electrons. The molecule has 0 atom stereocenters. The van der Waals surface area contributed by atoms with E-state index in [1.165, 1.54) is 0 Å². The van der Waals surface area contributed by atoms with E-state index in [9.17, 15) is 5.11 Å². The van der Waals surface area contributed by atoms with Gasteiger partial charge in [0.2, 0.25) is 0 Å². The van der Waals surface area contributed by atoms with E-state index in [2.05, 4.69) is 5.16 Å². The summed E-state index contributed by atoms with van der Waals surface area (Å²) >= 11 is 0. The van der Waals surface area contributed by atoms with Crippen molar-refractivity contribution in [3.05, 3.63) is 29.3 Å². The number of aromatic hydroxyl groups is 1. The topological polar surface area (TPSA) is 41.8 Å². The van der Waals surface area contributed by atoms with Crippen LogP contribution in [-0.4, -0.2) is 17.4 Å². The number of oxime groups is 1. The zero-order chi connectivity index (χ0) is 9.26. The zero-order valence-corrected chi connectivity index (χ0v) is 9.01. The molecule has 0 amide bonds. The van der Waals surface area contributed by atoms with Crippen molar-refractivity contribution in [1.29, 1.82) is 0 Å². The molecular weight excluding hydrogens is 221 g/mol. The molecule has 0 aliphatic carbocycles. The Labute approximate surface area is 93.2 Å². The number of phenols is 1. The minimum atomic E-state index is 0. The molecule has 1 aromatic carbocycles. The number of nitrogens with zero attached hydrogens (tertiary/aromatic N) is 1. The number of benzene rings is 1. The Morgan fingerprint density at radius 2 is 2.21 bits per heavy atom. The summed E-state index contributed by atoms with van der Waals surface area (Å²) in [5.74, 6) is 0.312. The number of hydrogen-bond donors (Lipinski definition) is 1. The Bertz CT molecular complexity index is 363. The van der Waals surface area contributed by atoms with Gasteiger partial charge in [-0.15, -0.1) is 0 Å². The molecule has 4 heteroatoms. The predicted octanol–water partition coefficient (Wildman–Crippen LogP) is 1.82. The molecule has 1 heterocycles. The minimum absolute atomic E-state index is 0. The van der Waals surface area contributed by atoms with Crippen LogP contribution in [0.1, 0.15) is 17.5 Å². The molecule has 1 aliphatic heterocycles. The van der Waals surface area contributed by atoms with Gasteiger partial charge in [-0.25, -0.2) is 0 Å². The van der Waals surface area contributed by atoms with Crippen LogP contribution >= 0.6 is 0 Å². The first-order chi connectivity index (χ1) is 6.29. The van der Waals surface area contributed by atoms with E-state index >= 15 is 0 Å². The molecule has 1 N–H and O–H groups in total. The first-order valence-corrected chi connectivity index (χ1v) is 4.27. The van der Waals surface area contributed by atoms with Crippen LogP contribution in [0.2, 0.25) is 0 Å². The van der Waals surface area contributed by atoms with E-state index in [-0.39, 0.29) is 17.1 Å². The van der Waals surface area contributed by atoms with Gasteiger partial charge in [-0.05, 0) is 18.6 Å². The standard InChI is InChI=1S/C10H11NO2.Mn/c1-7-3-2-4-8(10(7)12)9-5-6-13-11-9;/h2-4,12H,5-6H2,1H3;. The summed E-state index contributed by atoms with van der Waals surface area (Å²) in [7, 11) is 0. The van der Waals surface area contributed by atoms with Crippen molar-refractivity contribution >= 4 is 5.71 Å². The number of aryl methyl sites for hydroxylation is 1. The molecule has 1 aliphatic rings. The maximum absolute atomic E-state index is 9.72. The summed E-state index contributed by atoms with van der Waals surface area (Å²) in [5.41, 5.74) is 2.49. The van der Waals surface area contributed by atoms with Gasteiger partial charge in [-0.1, -0.05) is 17.3 Å². The maximum Gasteiger partial charge on any atom is 0.127 e. The molecule has 0 aromatic heterocycles. The third-order valence-electron chi connectivity index (χ3n) is 2.15. The average molecular weight is 232 g/mol. The quantitative estimate of drug-likeness (QED) is 0.750. The van der Waals surface area contributed by atoms with Gasteiger partial charge in [0.05, 0.1) is 5.71 Å². The van der Waals surface area contributed by atoms with Crippen LogP contribution in [0.15, 0.2) is 23.4 Å². The zero-order valence-electron chi connectivity index (χ0n) is 7.83. The van der Waals surface area contributed by atoms with Gasteiger partial charge in [0, 0.05) is 29.1 Å². The normalized spacial score (nSPS) is 14.2. The summed E-state index contributed by atoms with van der Waals surface area (Å²) in [4.78, 5) is 4.88. The van der Waals surface area contributed by atoms with Crippen molar-refractivity contribution in [3.8, 4) is 5.75 Å². The van der Waals surface area contributed by atoms with Crippen molar-refractivity contribution in [2.45, 2.75) is 13.3 Å². The van der Waals surface area contributed by atoms with Crippen LogP contribution in [0.3, 0.4) is 0 Å². The molecule has 0 saturated carbocycles. The van der Waals surface area contributed by atoms with Gasteiger partial charge >= 0.3 is 0 Å². The Hall–Kier alpha value is -0.991. The first-order valence-electron chi connectivity index (χ1n) is 4.27. The molecule has 75 valence electrons. The van der Waals surface area contributed by atoms with Crippen LogP contribution in [0.4, 0.5) is 0 Å². The van der Waals surface area contributed by atoms with Crippen LogP contribution in [-0.2, 0) is 21.9 Å². The van der Waals surface area contributed by atoms with Gasteiger partial charge in [-0.2, -0.15) is 0 Å². The smallest absolute Gasteiger partial charge is 0.127 e. The van der Waals surface area contributed by atoms with Crippen molar-refractivity contribution in [2.75, 3.05) is 6.61 Å². The Morgan fingerprint density at radius 1 is 1.43 bits per heavy atom. The van der Waals surface area contributed by atoms with Crippen LogP contribution in [0.25, 0.3) is 0 Å². The van der Waals surface area contributed by atoms with Gasteiger partial charge < -0.3 is 9.94 Å². The predicted molar refractivity (Wildman–Crippen MR) is 49.9 cm³/mol. The molecule has 1 aromatic rings. The second kappa shape index (κ2) is 4.49. The summed E-state index contributed by atoms with van der Waals surface area (Å²) in [6, 6.07) is 5.64. The number of rotatable bonds is 1. The fourth-order valence-corrected chi connectivity index (χ4v) is 1.39. The van der Waals surface area contributed by atoms with E-state index in [1.807, 2.05) is 25.1 Å². The molecule has 0 bridgehead atoms. The van der Waals surface area contributed by atoms with Crippen molar-refractivity contribution in [1.82, 2.24) is 0 Å². The Kier molecular flexibility index (Phi) is 3.55. The molecule has 0 unspecified atom stereocenters. The van der Waals surface area contributed by atoms with Gasteiger partial charge in [0.15, 0.2) is 0 Å². The van der Waals surface area contributed by atoms with Crippen LogP contribution in [0, 0.1) is 6.92 Å². The SMILES string of the molecule is Cc1cccc(C2=NOCC2)c1O.[Mn]. The molecule has 2 rings (SSSR count). The van der Waals surface area contributed by atoms with Gasteiger partial charge in [-0.3, -0.25) is 0 Å². The average Bonchev–Trinajstić information content (AvgIpc) is 2.62. The van der Waals surface area contributed by atoms with E-state index in [0.717, 1.165) is 23.3 Å². The third kappa shape index (κ3) is 1.91. The molecule has 0 fully saturated rings. The van der Waals surface area contributed by atoms with Gasteiger partial charge in [0.25, 0.3) is 0 Å². The van der Waals surface area contributed by atoms with Gasteiger partial charge in [0.1, 0.15) is 12.4 Å². The summed E-state index contributed by atoms with van der Waals surface area (Å²) < 4.78 is 0. The van der Waals surface area contributed by atoms with Crippen LogP contribution < -0.4 is 0 Å². The van der Waals surface area contributed by atoms with Crippen molar-refractivity contribution in [2.24, 2.45) is 5.16 Å². The van der Waals surface area contributed by atoms with E-state index < -0.39 is 0 Å². The maximum atomic E-state index is 9.72. The van der Waals surface area contributed by atoms with E-state index in [4.69, 9.17) is 4.84 Å². The fourth-order valence-electron chi connectivity index (χ4n) is 1.39. The number of hydrogen-bond acceptors (Lipinski definition) is 3. The summed E-state index contributed by atoms with van der Waals surface area (Å²) in [5, 5.41) is 13.6. The minimum Gasteiger partial charge on any atom is -0.507 e. The van der Waals surface area contributed by atoms with Crippen molar-refractivity contribution in [3.63, 3.8) is 0 Å². The van der Waals surface area contributed by atoms with Crippen molar-refractivity contribution < 1.29 is 27.0 Å². The molecule has 0 spiro atoms. The fraction of sp³-hybridized carbons (Fsp3) is 0.300. The monoisotopic (exact) mass is 232 g/mol. The second-order valence-electron chi connectivity index (χ2n) is 3.09. The third-order valence-corrected chi connectivity index (χ3v) is 2.15. The number of para-hydroxylation sites is 1. The van der Waals surface area contributed by atoms with E-state index in [0.29, 0.717) is 12.4 Å². The molecule has 3 nitrogen and oxygen atoms in total. The molecule has 0 saturated heterocycles. The first kappa shape index (κ1) is 11.1. The Morgan fingerprint density at radius 3 is 2.86 bits per heavy atom. The van der Waals surface area contributed by atoms with E-state index in [1.54, 1.807) is 0 Å². The molecule has 14 heavy (non-hydrogen) atoms. The summed E-state index contributed by atoms with van der Waals surface area (Å²) in [6.07, 6.45) is 0.775. The number of phenolic OH excluding ortho intramolecular Hbond substituents is 1. The second-order valence-corrected chi connectivity index (χ2v) is 3.09. The van der Waals surface area contributed by atoms with Crippen LogP contribution in [0.5, 0.6) is 5.75 Å². The largest absolute Gasteiger partial charge is 0.507 e. The Balaban J connectivity index is 0.000000980.